The number of nitrogens with zero attached hydrogens (tertiary/aromatic N) is 1. The van der Waals surface area contributed by atoms with E-state index >= 15 is 0 Å². The highest BCUT2D eigenvalue weighted by Crippen LogP contribution is 2.12. The van der Waals surface area contributed by atoms with Crippen molar-refractivity contribution in [3.05, 3.63) is 29.8 Å². The molecule has 0 radical (unpaired) electrons. The molecule has 0 aromatic heterocycles. The molecule has 1 rings (SSSR count). The summed E-state index contributed by atoms with van der Waals surface area (Å²) in [5, 5.41) is 9.81. The summed E-state index contributed by atoms with van der Waals surface area (Å²) in [6, 6.07) is 6.78. The summed E-state index contributed by atoms with van der Waals surface area (Å²) in [6.07, 6.45) is 0. The van der Waals surface area contributed by atoms with Gasteiger partial charge in [0, 0.05) is 18.7 Å². The molecule has 0 aliphatic rings. The minimum atomic E-state index is -0.715. The van der Waals surface area contributed by atoms with Crippen molar-refractivity contribution < 1.29 is 14.6 Å². The Hall–Kier alpha value is -1.63. The average Bonchev–Trinajstić information content (AvgIpc) is 2.44. The second-order valence-electron chi connectivity index (χ2n) is 5.53. The Morgan fingerprint density at radius 3 is 2.48 bits per heavy atom. The van der Waals surface area contributed by atoms with Gasteiger partial charge in [0.1, 0.15) is 12.4 Å². The third-order valence-corrected chi connectivity index (χ3v) is 2.98. The van der Waals surface area contributed by atoms with Crippen molar-refractivity contribution in [3.8, 4) is 5.75 Å². The lowest BCUT2D eigenvalue weighted by molar-refractivity contribution is 0.0340. The Kier molecular flexibility index (Phi) is 6.61. The maximum absolute atomic E-state index is 11.3. The number of aliphatic hydroxyl groups is 1. The number of ether oxygens (including phenoxy) is 1. The standard InChI is InChI=1S/C15H25N3O3/c1-4-18(11-15(2,3)20)9-10-21-13-7-5-12(6-8-13)14(19)17-16/h5-8,20H,4,9-11,16H2,1-3H3,(H,17,19). The van der Waals surface area contributed by atoms with E-state index in [0.29, 0.717) is 24.5 Å². The number of likely N-dealkylation sites (N-methyl/N-ethyl adjacent to an activating group) is 1. The van der Waals surface area contributed by atoms with Gasteiger partial charge in [0.05, 0.1) is 5.60 Å². The highest BCUT2D eigenvalue weighted by Gasteiger charge is 2.16. The number of carbonyl (C=O) groups is 1. The first-order valence-corrected chi connectivity index (χ1v) is 7.04. The number of nitrogen functional groups attached to an aromatic ring is 1. The number of nitrogens with two attached hydrogens (primary N) is 1. The third kappa shape index (κ3) is 6.57. The van der Waals surface area contributed by atoms with Crippen molar-refractivity contribution in [3.63, 3.8) is 0 Å². The Morgan fingerprint density at radius 1 is 1.38 bits per heavy atom. The fraction of sp³-hybridized carbons (Fsp3) is 0.533. The molecule has 0 unspecified atom stereocenters. The van der Waals surface area contributed by atoms with E-state index in [2.05, 4.69) is 10.3 Å². The van der Waals surface area contributed by atoms with Crippen LogP contribution >= 0.6 is 0 Å². The van der Waals surface area contributed by atoms with E-state index in [1.165, 1.54) is 0 Å². The van der Waals surface area contributed by atoms with Crippen molar-refractivity contribution in [2.24, 2.45) is 5.84 Å². The zero-order valence-electron chi connectivity index (χ0n) is 12.9. The van der Waals surface area contributed by atoms with E-state index in [4.69, 9.17) is 10.6 Å². The lowest BCUT2D eigenvalue weighted by Gasteiger charge is -2.27. The van der Waals surface area contributed by atoms with Gasteiger partial charge in [-0.2, -0.15) is 0 Å². The number of carbonyl (C=O) groups excluding carboxylic acids is 1. The Morgan fingerprint density at radius 2 is 2.00 bits per heavy atom. The van der Waals surface area contributed by atoms with Crippen LogP contribution in [0.3, 0.4) is 0 Å². The highest BCUT2D eigenvalue weighted by atomic mass is 16.5. The molecule has 1 aromatic carbocycles. The van der Waals surface area contributed by atoms with Gasteiger partial charge in [0.25, 0.3) is 5.91 Å². The fourth-order valence-corrected chi connectivity index (χ4v) is 1.97. The van der Waals surface area contributed by atoms with Gasteiger partial charge in [-0.1, -0.05) is 6.92 Å². The lowest BCUT2D eigenvalue weighted by Crippen LogP contribution is -2.40. The van der Waals surface area contributed by atoms with Gasteiger partial charge in [-0.05, 0) is 44.7 Å². The fourth-order valence-electron chi connectivity index (χ4n) is 1.97. The smallest absolute Gasteiger partial charge is 0.265 e. The Labute approximate surface area is 125 Å². The van der Waals surface area contributed by atoms with Crippen LogP contribution in [-0.2, 0) is 0 Å². The first-order valence-electron chi connectivity index (χ1n) is 7.04. The van der Waals surface area contributed by atoms with E-state index in [0.717, 1.165) is 13.1 Å². The monoisotopic (exact) mass is 295 g/mol. The number of rotatable bonds is 8. The summed E-state index contributed by atoms with van der Waals surface area (Å²) in [4.78, 5) is 13.4. The molecule has 0 aliphatic carbocycles. The number of hydrazine groups is 1. The van der Waals surface area contributed by atoms with Crippen LogP contribution < -0.4 is 16.0 Å². The Balaban J connectivity index is 2.43. The third-order valence-electron chi connectivity index (χ3n) is 2.98. The molecule has 118 valence electrons. The molecule has 6 nitrogen and oxygen atoms in total. The van der Waals surface area contributed by atoms with E-state index in [9.17, 15) is 9.90 Å². The maximum atomic E-state index is 11.3. The molecule has 0 atom stereocenters. The summed E-state index contributed by atoms with van der Waals surface area (Å²) in [6.45, 7) is 8.32. The van der Waals surface area contributed by atoms with Crippen LogP contribution in [0.25, 0.3) is 0 Å². The number of hydrogen-bond acceptors (Lipinski definition) is 5. The van der Waals surface area contributed by atoms with Crippen molar-refractivity contribution in [2.75, 3.05) is 26.2 Å². The van der Waals surface area contributed by atoms with E-state index in [1.54, 1.807) is 38.1 Å². The summed E-state index contributed by atoms with van der Waals surface area (Å²) in [7, 11) is 0. The highest BCUT2D eigenvalue weighted by molar-refractivity contribution is 5.93. The van der Waals surface area contributed by atoms with Gasteiger partial charge in [0.2, 0.25) is 0 Å². The minimum Gasteiger partial charge on any atom is -0.492 e. The summed E-state index contributed by atoms with van der Waals surface area (Å²) in [5.41, 5.74) is 1.85. The van der Waals surface area contributed by atoms with Gasteiger partial charge < -0.3 is 9.84 Å². The van der Waals surface area contributed by atoms with E-state index in [1.807, 2.05) is 6.92 Å². The van der Waals surface area contributed by atoms with Gasteiger partial charge >= 0.3 is 0 Å². The van der Waals surface area contributed by atoms with Gasteiger partial charge in [0.15, 0.2) is 0 Å². The van der Waals surface area contributed by atoms with Crippen molar-refractivity contribution >= 4 is 5.91 Å². The van der Waals surface area contributed by atoms with Crippen molar-refractivity contribution in [1.29, 1.82) is 0 Å². The minimum absolute atomic E-state index is 0.330. The molecule has 21 heavy (non-hydrogen) atoms. The molecule has 0 saturated heterocycles. The van der Waals surface area contributed by atoms with Crippen molar-refractivity contribution in [1.82, 2.24) is 10.3 Å². The van der Waals surface area contributed by atoms with Crippen LogP contribution in [0.5, 0.6) is 5.75 Å². The molecular weight excluding hydrogens is 270 g/mol. The SMILES string of the molecule is CCN(CCOc1ccc(C(=O)NN)cc1)CC(C)(C)O. The molecular formula is C15H25N3O3. The van der Waals surface area contributed by atoms with Crippen LogP contribution in [-0.4, -0.2) is 47.8 Å². The lowest BCUT2D eigenvalue weighted by atomic mass is 10.1. The van der Waals surface area contributed by atoms with E-state index < -0.39 is 5.60 Å². The molecule has 0 heterocycles. The molecule has 6 heteroatoms. The second-order valence-corrected chi connectivity index (χ2v) is 5.53. The summed E-state index contributed by atoms with van der Waals surface area (Å²) >= 11 is 0. The van der Waals surface area contributed by atoms with Gasteiger partial charge in [-0.15, -0.1) is 0 Å². The zero-order valence-corrected chi connectivity index (χ0v) is 12.9. The molecule has 0 saturated carbocycles. The number of nitrogens with one attached hydrogen (secondary N) is 1. The van der Waals surface area contributed by atoms with Crippen LogP contribution in [0.2, 0.25) is 0 Å². The number of benzene rings is 1. The van der Waals surface area contributed by atoms with Crippen molar-refractivity contribution in [2.45, 2.75) is 26.4 Å². The first kappa shape index (κ1) is 17.4. The zero-order chi connectivity index (χ0) is 15.9. The summed E-state index contributed by atoms with van der Waals surface area (Å²) in [5.74, 6) is 5.43. The molecule has 0 aliphatic heterocycles. The normalized spacial score (nSPS) is 11.5. The van der Waals surface area contributed by atoms with Gasteiger partial charge in [-0.3, -0.25) is 15.1 Å². The predicted octanol–water partition coefficient (Wildman–Crippen LogP) is 0.762. The van der Waals surface area contributed by atoms with E-state index in [-0.39, 0.29) is 5.91 Å². The van der Waals surface area contributed by atoms with Crippen LogP contribution in [0, 0.1) is 0 Å². The molecule has 0 spiro atoms. The number of hydrogen-bond donors (Lipinski definition) is 3. The molecule has 0 fully saturated rings. The molecule has 4 N–H and O–H groups in total. The average molecular weight is 295 g/mol. The molecule has 1 amide bonds. The van der Waals surface area contributed by atoms with Crippen LogP contribution in [0.1, 0.15) is 31.1 Å². The first-order chi connectivity index (χ1) is 9.85. The maximum Gasteiger partial charge on any atom is 0.265 e. The number of amides is 1. The molecule has 1 aromatic rings. The quantitative estimate of drug-likeness (QED) is 0.374. The van der Waals surface area contributed by atoms with Crippen LogP contribution in [0.15, 0.2) is 24.3 Å². The largest absolute Gasteiger partial charge is 0.492 e. The van der Waals surface area contributed by atoms with Gasteiger partial charge in [-0.25, -0.2) is 5.84 Å². The van der Waals surface area contributed by atoms with Crippen LogP contribution in [0.4, 0.5) is 0 Å². The summed E-state index contributed by atoms with van der Waals surface area (Å²) < 4.78 is 5.63. The topological polar surface area (TPSA) is 87.8 Å². The molecule has 0 bridgehead atoms. The predicted molar refractivity (Wildman–Crippen MR) is 82.0 cm³/mol. The second kappa shape index (κ2) is 7.97. The Bertz CT molecular complexity index is 440.